The quantitative estimate of drug-likeness (QED) is 0.562. The molecule has 1 aliphatic rings. The molecule has 2 nitrogen and oxygen atoms in total. The van der Waals surface area contributed by atoms with Gasteiger partial charge in [0.1, 0.15) is 0 Å². The van der Waals surface area contributed by atoms with Gasteiger partial charge in [-0.05, 0) is 6.42 Å². The Morgan fingerprint density at radius 1 is 1.45 bits per heavy atom. The molecule has 1 saturated heterocycles. The predicted octanol–water partition coefficient (Wildman–Crippen LogP) is 1.53. The molecule has 1 heterocycles. The molecule has 0 aliphatic carbocycles. The van der Waals surface area contributed by atoms with Crippen LogP contribution < -0.4 is 5.32 Å². The third-order valence-corrected chi connectivity index (χ3v) is 1.77. The molecule has 1 rings (SSSR count). The van der Waals surface area contributed by atoms with Crippen molar-refractivity contribution in [1.82, 2.24) is 5.32 Å². The summed E-state index contributed by atoms with van der Waals surface area (Å²) in [6.07, 6.45) is -3.84. The van der Waals surface area contributed by atoms with Crippen molar-refractivity contribution in [2.24, 2.45) is 5.92 Å². The van der Waals surface area contributed by atoms with Crippen molar-refractivity contribution in [3.05, 3.63) is 0 Å². The molecule has 2 N–H and O–H groups in total. The minimum absolute atomic E-state index is 0.0509. The van der Waals surface area contributed by atoms with Gasteiger partial charge in [0.2, 0.25) is 0 Å². The fourth-order valence-corrected chi connectivity index (χ4v) is 1.03. The fraction of sp³-hybridized carbons (Fsp3) is 0.833. The molecule has 1 unspecified atom stereocenters. The van der Waals surface area contributed by atoms with E-state index in [1.54, 1.807) is 0 Å². The van der Waals surface area contributed by atoms with Crippen LogP contribution in [0.3, 0.4) is 0 Å². The summed E-state index contributed by atoms with van der Waals surface area (Å²) in [5.74, 6) is -1.05. The van der Waals surface area contributed by atoms with Crippen molar-refractivity contribution in [3.8, 4) is 0 Å². The van der Waals surface area contributed by atoms with E-state index >= 15 is 0 Å². The molecule has 0 radical (unpaired) electrons. The molecule has 5 heteroatoms. The van der Waals surface area contributed by atoms with E-state index in [-0.39, 0.29) is 25.2 Å². The molecule has 0 bridgehead atoms. The molecular weight excluding hydrogens is 157 g/mol. The van der Waals surface area contributed by atoms with E-state index in [1.165, 1.54) is 0 Å². The zero-order valence-corrected chi connectivity index (χ0v) is 5.83. The van der Waals surface area contributed by atoms with Gasteiger partial charge < -0.3 is 5.32 Å². The maximum absolute atomic E-state index is 12.0. The molecule has 1 fully saturated rings. The van der Waals surface area contributed by atoms with Crippen molar-refractivity contribution >= 4 is 5.84 Å². The van der Waals surface area contributed by atoms with Gasteiger partial charge in [0.25, 0.3) is 0 Å². The van der Waals surface area contributed by atoms with Gasteiger partial charge in [-0.2, -0.15) is 13.2 Å². The Morgan fingerprint density at radius 3 is 2.45 bits per heavy atom. The molecule has 0 aromatic heterocycles. The molecule has 0 aromatic carbocycles. The summed E-state index contributed by atoms with van der Waals surface area (Å²) in [6.45, 7) is -0.137. The molecule has 64 valence electrons. The minimum Gasteiger partial charge on any atom is -0.373 e. The van der Waals surface area contributed by atoms with Crippen molar-refractivity contribution in [1.29, 1.82) is 5.41 Å². The SMILES string of the molecule is N=C1CCC(C(F)(F)F)CN1. The average molecular weight is 166 g/mol. The van der Waals surface area contributed by atoms with Gasteiger partial charge in [0.15, 0.2) is 0 Å². The molecule has 0 spiro atoms. The summed E-state index contributed by atoms with van der Waals surface area (Å²) in [5, 5.41) is 9.41. The van der Waals surface area contributed by atoms with Crippen LogP contribution in [0.4, 0.5) is 13.2 Å². The lowest BCUT2D eigenvalue weighted by Crippen LogP contribution is -2.41. The van der Waals surface area contributed by atoms with Crippen LogP contribution in [0.1, 0.15) is 12.8 Å². The average Bonchev–Trinajstić information content (AvgIpc) is 1.86. The van der Waals surface area contributed by atoms with Gasteiger partial charge in [-0.25, -0.2) is 0 Å². The monoisotopic (exact) mass is 166 g/mol. The summed E-state index contributed by atoms with van der Waals surface area (Å²) >= 11 is 0. The molecule has 0 aromatic rings. The Hall–Kier alpha value is -0.740. The highest BCUT2D eigenvalue weighted by molar-refractivity contribution is 5.79. The Kier molecular flexibility index (Phi) is 2.06. The van der Waals surface area contributed by atoms with Gasteiger partial charge in [-0.1, -0.05) is 0 Å². The van der Waals surface area contributed by atoms with Crippen LogP contribution in [0.2, 0.25) is 0 Å². The lowest BCUT2D eigenvalue weighted by molar-refractivity contribution is -0.175. The van der Waals surface area contributed by atoms with Crippen LogP contribution >= 0.6 is 0 Å². The normalized spacial score (nSPS) is 26.5. The Bertz CT molecular complexity index is 154. The number of halogens is 3. The zero-order chi connectivity index (χ0) is 8.48. The van der Waals surface area contributed by atoms with Gasteiger partial charge in [0.05, 0.1) is 11.8 Å². The lowest BCUT2D eigenvalue weighted by Gasteiger charge is -2.25. The van der Waals surface area contributed by atoms with E-state index in [4.69, 9.17) is 5.41 Å². The first-order valence-corrected chi connectivity index (χ1v) is 3.38. The van der Waals surface area contributed by atoms with Crippen LogP contribution in [0.5, 0.6) is 0 Å². The fourth-order valence-electron chi connectivity index (χ4n) is 1.03. The van der Waals surface area contributed by atoms with Gasteiger partial charge in [-0.3, -0.25) is 5.41 Å². The van der Waals surface area contributed by atoms with E-state index in [1.807, 2.05) is 0 Å². The van der Waals surface area contributed by atoms with Gasteiger partial charge >= 0.3 is 6.18 Å². The highest BCUT2D eigenvalue weighted by Crippen LogP contribution is 2.30. The van der Waals surface area contributed by atoms with E-state index in [0.29, 0.717) is 0 Å². The number of hydrogen-bond acceptors (Lipinski definition) is 1. The molecule has 1 aliphatic heterocycles. The first-order valence-electron chi connectivity index (χ1n) is 3.38. The van der Waals surface area contributed by atoms with Gasteiger partial charge in [-0.15, -0.1) is 0 Å². The van der Waals surface area contributed by atoms with E-state index in [2.05, 4.69) is 5.32 Å². The number of alkyl halides is 3. The highest BCUT2D eigenvalue weighted by atomic mass is 19.4. The van der Waals surface area contributed by atoms with Crippen LogP contribution in [0, 0.1) is 11.3 Å². The first kappa shape index (κ1) is 8.36. The first-order chi connectivity index (χ1) is 5.00. The van der Waals surface area contributed by atoms with E-state index in [9.17, 15) is 13.2 Å². The van der Waals surface area contributed by atoms with E-state index in [0.717, 1.165) is 0 Å². The summed E-state index contributed by atoms with van der Waals surface area (Å²) in [7, 11) is 0. The number of piperidine rings is 1. The molecule has 0 amide bonds. The van der Waals surface area contributed by atoms with Crippen LogP contribution in [0.25, 0.3) is 0 Å². The molecular formula is C6H9F3N2. The van der Waals surface area contributed by atoms with Crippen molar-refractivity contribution < 1.29 is 13.2 Å². The minimum atomic E-state index is -4.10. The molecule has 11 heavy (non-hydrogen) atoms. The maximum atomic E-state index is 12.0. The van der Waals surface area contributed by atoms with Crippen molar-refractivity contribution in [2.45, 2.75) is 19.0 Å². The topological polar surface area (TPSA) is 35.9 Å². The summed E-state index contributed by atoms with van der Waals surface area (Å²) in [6, 6.07) is 0. The summed E-state index contributed by atoms with van der Waals surface area (Å²) in [5.41, 5.74) is 0. The number of nitrogens with one attached hydrogen (secondary N) is 2. The zero-order valence-electron chi connectivity index (χ0n) is 5.83. The Labute approximate surface area is 62.3 Å². The van der Waals surface area contributed by atoms with E-state index < -0.39 is 12.1 Å². The lowest BCUT2D eigenvalue weighted by atomic mass is 9.99. The predicted molar refractivity (Wildman–Crippen MR) is 34.5 cm³/mol. The molecule has 0 saturated carbocycles. The number of hydrogen-bond donors (Lipinski definition) is 2. The van der Waals surface area contributed by atoms with Crippen LogP contribution in [-0.4, -0.2) is 18.6 Å². The summed E-state index contributed by atoms with van der Waals surface area (Å²) < 4.78 is 35.9. The number of amidine groups is 1. The standard InChI is InChI=1S/C6H9F3N2/c7-6(8,9)4-1-2-5(10)11-3-4/h4H,1-3H2,(H2,10,11). The van der Waals surface area contributed by atoms with Crippen molar-refractivity contribution in [2.75, 3.05) is 6.54 Å². The molecule has 1 atom stereocenters. The van der Waals surface area contributed by atoms with Gasteiger partial charge in [0, 0.05) is 13.0 Å². The summed E-state index contributed by atoms with van der Waals surface area (Å²) in [4.78, 5) is 0. The van der Waals surface area contributed by atoms with Crippen molar-refractivity contribution in [3.63, 3.8) is 0 Å². The number of rotatable bonds is 0. The largest absolute Gasteiger partial charge is 0.393 e. The second-order valence-electron chi connectivity index (χ2n) is 2.64. The Morgan fingerprint density at radius 2 is 2.09 bits per heavy atom. The van der Waals surface area contributed by atoms with Crippen LogP contribution in [-0.2, 0) is 0 Å². The van der Waals surface area contributed by atoms with Crippen LogP contribution in [0.15, 0.2) is 0 Å². The third-order valence-electron chi connectivity index (χ3n) is 1.77. The maximum Gasteiger partial charge on any atom is 0.393 e. The second kappa shape index (κ2) is 2.71. The second-order valence-corrected chi connectivity index (χ2v) is 2.64. The Balaban J connectivity index is 2.45. The smallest absolute Gasteiger partial charge is 0.373 e. The third kappa shape index (κ3) is 2.10. The highest BCUT2D eigenvalue weighted by Gasteiger charge is 2.40.